The second-order valence-corrected chi connectivity index (χ2v) is 5.10. The molecule has 0 saturated heterocycles. The molecule has 0 saturated carbocycles. The highest BCUT2D eigenvalue weighted by Gasteiger charge is 2.15. The summed E-state index contributed by atoms with van der Waals surface area (Å²) >= 11 is 0. The van der Waals surface area contributed by atoms with Crippen LogP contribution in [-0.2, 0) is 13.5 Å². The van der Waals surface area contributed by atoms with Gasteiger partial charge in [-0.25, -0.2) is 9.67 Å². The molecule has 7 heteroatoms. The average molecular weight is 275 g/mol. The van der Waals surface area contributed by atoms with Crippen LogP contribution in [0, 0.1) is 16.0 Å². The number of rotatable bonds is 4. The molecule has 2 aromatic rings. The Morgan fingerprint density at radius 2 is 2.15 bits per heavy atom. The second-order valence-electron chi connectivity index (χ2n) is 5.10. The highest BCUT2D eigenvalue weighted by Crippen LogP contribution is 2.28. The van der Waals surface area contributed by atoms with Crippen LogP contribution in [0.3, 0.4) is 0 Å². The van der Waals surface area contributed by atoms with Crippen LogP contribution in [0.15, 0.2) is 18.2 Å². The molecule has 0 atom stereocenters. The van der Waals surface area contributed by atoms with Crippen LogP contribution >= 0.6 is 0 Å². The predicted molar refractivity (Wildman–Crippen MR) is 76.0 cm³/mol. The van der Waals surface area contributed by atoms with Gasteiger partial charge in [-0.3, -0.25) is 10.1 Å². The molecule has 7 nitrogen and oxygen atoms in total. The summed E-state index contributed by atoms with van der Waals surface area (Å²) in [5.41, 5.74) is 6.83. The fraction of sp³-hybridized carbons (Fsp3) is 0.385. The first-order chi connectivity index (χ1) is 9.38. The Morgan fingerprint density at radius 1 is 1.45 bits per heavy atom. The van der Waals surface area contributed by atoms with Crippen LogP contribution in [0.4, 0.5) is 11.4 Å². The molecule has 1 heterocycles. The Kier molecular flexibility index (Phi) is 3.69. The molecule has 106 valence electrons. The lowest BCUT2D eigenvalue weighted by atomic mass is 10.1. The van der Waals surface area contributed by atoms with Crippen molar-refractivity contribution in [3.63, 3.8) is 0 Å². The summed E-state index contributed by atoms with van der Waals surface area (Å²) in [6, 6.07) is 4.37. The molecule has 20 heavy (non-hydrogen) atoms. The number of benzene rings is 1. The third kappa shape index (κ3) is 2.76. The summed E-state index contributed by atoms with van der Waals surface area (Å²) in [6.45, 7) is 4.19. The lowest BCUT2D eigenvalue weighted by Crippen LogP contribution is -1.99. The summed E-state index contributed by atoms with van der Waals surface area (Å²) in [4.78, 5) is 14.7. The minimum Gasteiger partial charge on any atom is -0.398 e. The van der Waals surface area contributed by atoms with E-state index in [4.69, 9.17) is 5.73 Å². The predicted octanol–water partition coefficient (Wildman–Crippen LogP) is 2.17. The van der Waals surface area contributed by atoms with Crippen molar-refractivity contribution < 1.29 is 4.92 Å². The maximum Gasteiger partial charge on any atom is 0.271 e. The molecule has 2 N–H and O–H groups in total. The summed E-state index contributed by atoms with van der Waals surface area (Å²) in [5, 5.41) is 15.1. The molecule has 0 aliphatic rings. The Labute approximate surface area is 116 Å². The number of hydrogen-bond donors (Lipinski definition) is 1. The van der Waals surface area contributed by atoms with Gasteiger partial charge in [-0.15, -0.1) is 0 Å². The van der Waals surface area contributed by atoms with Gasteiger partial charge in [0.05, 0.1) is 4.92 Å². The number of non-ortho nitro benzene ring substituents is 1. The highest BCUT2D eigenvalue weighted by molar-refractivity contribution is 5.74. The molecule has 2 rings (SSSR count). The number of hydrogen-bond acceptors (Lipinski definition) is 5. The summed E-state index contributed by atoms with van der Waals surface area (Å²) < 4.78 is 1.65. The molecule has 0 fully saturated rings. The van der Waals surface area contributed by atoms with Crippen molar-refractivity contribution in [2.24, 2.45) is 13.0 Å². The topological polar surface area (TPSA) is 99.9 Å². The Hall–Kier alpha value is -2.44. The molecule has 0 amide bonds. The second kappa shape index (κ2) is 5.28. The van der Waals surface area contributed by atoms with Crippen molar-refractivity contribution in [2.75, 3.05) is 5.73 Å². The standard InChI is InChI=1S/C13H17N5O2/c1-8(2)6-12-15-13(17(3)16-12)10-5-4-9(18(19)20)7-11(10)14/h4-5,7-8H,6,14H2,1-3H3. The van der Waals surface area contributed by atoms with Gasteiger partial charge >= 0.3 is 0 Å². The van der Waals surface area contributed by atoms with Gasteiger partial charge in [0.1, 0.15) is 0 Å². The van der Waals surface area contributed by atoms with E-state index < -0.39 is 4.92 Å². The lowest BCUT2D eigenvalue weighted by molar-refractivity contribution is -0.384. The number of aromatic nitrogens is 3. The van der Waals surface area contributed by atoms with Crippen LogP contribution in [-0.4, -0.2) is 19.7 Å². The van der Waals surface area contributed by atoms with Crippen molar-refractivity contribution >= 4 is 11.4 Å². The van der Waals surface area contributed by atoms with E-state index in [0.29, 0.717) is 23.0 Å². The summed E-state index contributed by atoms with van der Waals surface area (Å²) in [7, 11) is 1.78. The number of nitrogens with two attached hydrogens (primary N) is 1. The van der Waals surface area contributed by atoms with Crippen LogP contribution in [0.2, 0.25) is 0 Å². The monoisotopic (exact) mass is 275 g/mol. The van der Waals surface area contributed by atoms with Crippen LogP contribution in [0.25, 0.3) is 11.4 Å². The Bertz CT molecular complexity index is 648. The Morgan fingerprint density at radius 3 is 2.70 bits per heavy atom. The highest BCUT2D eigenvalue weighted by atomic mass is 16.6. The fourth-order valence-corrected chi connectivity index (χ4v) is 1.99. The van der Waals surface area contributed by atoms with Crippen LogP contribution in [0.1, 0.15) is 19.7 Å². The number of nitro groups is 1. The van der Waals surface area contributed by atoms with Gasteiger partial charge < -0.3 is 5.73 Å². The molecule has 0 aliphatic carbocycles. The largest absolute Gasteiger partial charge is 0.398 e. The average Bonchev–Trinajstić information content (AvgIpc) is 2.68. The van der Waals surface area contributed by atoms with E-state index in [1.54, 1.807) is 17.8 Å². The molecule has 0 radical (unpaired) electrons. The smallest absolute Gasteiger partial charge is 0.271 e. The van der Waals surface area contributed by atoms with E-state index in [1.807, 2.05) is 0 Å². The van der Waals surface area contributed by atoms with Crippen molar-refractivity contribution in [2.45, 2.75) is 20.3 Å². The molecular weight excluding hydrogens is 258 g/mol. The van der Waals surface area contributed by atoms with E-state index in [1.165, 1.54) is 12.1 Å². The first-order valence-electron chi connectivity index (χ1n) is 6.32. The van der Waals surface area contributed by atoms with Gasteiger partial charge in [-0.2, -0.15) is 5.10 Å². The van der Waals surface area contributed by atoms with Crippen molar-refractivity contribution in [1.29, 1.82) is 0 Å². The van der Waals surface area contributed by atoms with E-state index in [0.717, 1.165) is 12.2 Å². The Balaban J connectivity index is 2.41. The zero-order chi connectivity index (χ0) is 14.9. The van der Waals surface area contributed by atoms with Gasteiger partial charge in [-0.1, -0.05) is 13.8 Å². The summed E-state index contributed by atoms with van der Waals surface area (Å²) in [6.07, 6.45) is 0.778. The van der Waals surface area contributed by atoms with Crippen LogP contribution < -0.4 is 5.73 Å². The number of nitrogens with zero attached hydrogens (tertiary/aromatic N) is 4. The fourth-order valence-electron chi connectivity index (χ4n) is 1.99. The van der Waals surface area contributed by atoms with Gasteiger partial charge in [0, 0.05) is 36.9 Å². The van der Waals surface area contributed by atoms with Gasteiger partial charge in [0.25, 0.3) is 5.69 Å². The molecule has 1 aromatic carbocycles. The van der Waals surface area contributed by atoms with Crippen molar-refractivity contribution in [3.8, 4) is 11.4 Å². The van der Waals surface area contributed by atoms with Crippen molar-refractivity contribution in [3.05, 3.63) is 34.1 Å². The first-order valence-corrected chi connectivity index (χ1v) is 6.32. The zero-order valence-electron chi connectivity index (χ0n) is 11.7. The number of anilines is 1. The van der Waals surface area contributed by atoms with E-state index in [9.17, 15) is 10.1 Å². The van der Waals surface area contributed by atoms with Crippen molar-refractivity contribution in [1.82, 2.24) is 14.8 Å². The van der Waals surface area contributed by atoms with Gasteiger partial charge in [0.2, 0.25) is 0 Å². The van der Waals surface area contributed by atoms with Crippen LogP contribution in [0.5, 0.6) is 0 Å². The molecule has 1 aromatic heterocycles. The van der Waals surface area contributed by atoms with Gasteiger partial charge in [0.15, 0.2) is 11.6 Å². The minimum atomic E-state index is -0.471. The third-order valence-corrected chi connectivity index (χ3v) is 2.88. The SMILES string of the molecule is CC(C)Cc1nc(-c2ccc([N+](=O)[O-])cc2N)n(C)n1. The molecule has 0 bridgehead atoms. The molecule has 0 unspecified atom stereocenters. The maximum atomic E-state index is 10.7. The molecule has 0 aliphatic heterocycles. The number of nitrogen functional groups attached to an aromatic ring is 1. The van der Waals surface area contributed by atoms with E-state index >= 15 is 0 Å². The normalized spacial score (nSPS) is 11.0. The number of nitro benzene ring substituents is 1. The maximum absolute atomic E-state index is 10.7. The first kappa shape index (κ1) is 14.0. The lowest BCUT2D eigenvalue weighted by Gasteiger charge is -2.04. The van der Waals surface area contributed by atoms with E-state index in [2.05, 4.69) is 23.9 Å². The summed E-state index contributed by atoms with van der Waals surface area (Å²) in [5.74, 6) is 1.82. The zero-order valence-corrected chi connectivity index (χ0v) is 11.7. The van der Waals surface area contributed by atoms with E-state index in [-0.39, 0.29) is 5.69 Å². The molecular formula is C13H17N5O2. The molecule has 0 spiro atoms. The minimum absolute atomic E-state index is 0.0316. The quantitative estimate of drug-likeness (QED) is 0.523. The number of aryl methyl sites for hydroxylation is 1. The van der Waals surface area contributed by atoms with Gasteiger partial charge in [-0.05, 0) is 12.0 Å². The third-order valence-electron chi connectivity index (χ3n) is 2.88.